The van der Waals surface area contributed by atoms with Crippen LogP contribution in [0.15, 0.2) is 66.7 Å². The molecule has 36 heavy (non-hydrogen) atoms. The van der Waals surface area contributed by atoms with Crippen LogP contribution in [0.1, 0.15) is 38.2 Å². The van der Waals surface area contributed by atoms with E-state index in [2.05, 4.69) is 52.0 Å². The van der Waals surface area contributed by atoms with Gasteiger partial charge in [0.2, 0.25) is 5.95 Å². The number of imidazole rings is 1. The van der Waals surface area contributed by atoms with Crippen molar-refractivity contribution in [3.63, 3.8) is 0 Å². The van der Waals surface area contributed by atoms with E-state index in [0.717, 1.165) is 79.0 Å². The first-order valence-electron chi connectivity index (χ1n) is 13.2. The Morgan fingerprint density at radius 1 is 0.972 bits per heavy atom. The lowest BCUT2D eigenvalue weighted by molar-refractivity contribution is 0.170. The first-order valence-corrected chi connectivity index (χ1v) is 13.2. The van der Waals surface area contributed by atoms with E-state index in [1.807, 2.05) is 18.2 Å². The van der Waals surface area contributed by atoms with Crippen molar-refractivity contribution in [3.8, 4) is 5.75 Å². The summed E-state index contributed by atoms with van der Waals surface area (Å²) in [4.78, 5) is 7.45. The molecular formula is C30H33FN4O. The molecule has 0 amide bonds. The van der Waals surface area contributed by atoms with Crippen LogP contribution >= 0.6 is 0 Å². The molecule has 4 aromatic rings. The zero-order chi connectivity index (χ0) is 24.5. The van der Waals surface area contributed by atoms with E-state index in [-0.39, 0.29) is 11.9 Å². The summed E-state index contributed by atoms with van der Waals surface area (Å²) in [5, 5.41) is 3.34. The number of halogens is 1. The number of fused-ring (bicyclic) bond motifs is 1. The Balaban J connectivity index is 1.12. The fourth-order valence-corrected chi connectivity index (χ4v) is 5.19. The van der Waals surface area contributed by atoms with Crippen LogP contribution in [0.3, 0.4) is 0 Å². The summed E-state index contributed by atoms with van der Waals surface area (Å²) in [6, 6.07) is 21.2. The molecule has 186 valence electrons. The second kappa shape index (κ2) is 9.84. The normalized spacial score (nSPS) is 16.4. The quantitative estimate of drug-likeness (QED) is 0.294. The molecule has 3 aromatic carbocycles. The summed E-state index contributed by atoms with van der Waals surface area (Å²) in [7, 11) is 0. The number of nitrogens with zero attached hydrogens (tertiary/aromatic N) is 3. The molecule has 0 unspecified atom stereocenters. The Morgan fingerprint density at radius 3 is 2.58 bits per heavy atom. The van der Waals surface area contributed by atoms with Gasteiger partial charge in [-0.3, -0.25) is 0 Å². The fourth-order valence-electron chi connectivity index (χ4n) is 5.19. The summed E-state index contributed by atoms with van der Waals surface area (Å²) < 4.78 is 22.4. The Labute approximate surface area is 211 Å². The van der Waals surface area contributed by atoms with Crippen LogP contribution in [-0.2, 0) is 13.0 Å². The molecule has 6 heteroatoms. The van der Waals surface area contributed by atoms with E-state index < -0.39 is 0 Å². The van der Waals surface area contributed by atoms with Crippen LogP contribution in [0.5, 0.6) is 5.75 Å². The Kier molecular flexibility index (Phi) is 6.26. The lowest BCUT2D eigenvalue weighted by atomic mass is 10.1. The van der Waals surface area contributed by atoms with Crippen LogP contribution in [0.2, 0.25) is 0 Å². The van der Waals surface area contributed by atoms with E-state index in [0.29, 0.717) is 0 Å². The molecule has 1 aromatic heterocycles. The molecule has 0 radical (unpaired) electrons. The van der Waals surface area contributed by atoms with E-state index in [1.165, 1.54) is 30.5 Å². The standard InChI is InChI=1S/C30H33FN4O/c1-2-22-18-26(12-13-27(22)32-24-7-5-6-23(31)19-24)36-25-14-16-34(17-15-25)30-33-28-8-3-4-9-29(28)35(30)20-21-10-11-21/h3-9,12-13,18-19,21,25,32H,2,10-11,14-17,20H2,1H3. The lowest BCUT2D eigenvalue weighted by Gasteiger charge is -2.33. The number of anilines is 3. The van der Waals surface area contributed by atoms with Gasteiger partial charge in [0, 0.05) is 43.9 Å². The van der Waals surface area contributed by atoms with Gasteiger partial charge in [-0.15, -0.1) is 0 Å². The van der Waals surface area contributed by atoms with Gasteiger partial charge in [0.05, 0.1) is 11.0 Å². The first-order chi connectivity index (χ1) is 17.7. The highest BCUT2D eigenvalue weighted by molar-refractivity contribution is 5.79. The smallest absolute Gasteiger partial charge is 0.206 e. The Morgan fingerprint density at radius 2 is 1.81 bits per heavy atom. The van der Waals surface area contributed by atoms with Crippen molar-refractivity contribution in [2.24, 2.45) is 5.92 Å². The topological polar surface area (TPSA) is 42.3 Å². The molecule has 2 fully saturated rings. The van der Waals surface area contributed by atoms with E-state index in [1.54, 1.807) is 6.07 Å². The molecule has 1 aliphatic carbocycles. The van der Waals surface area contributed by atoms with E-state index >= 15 is 0 Å². The predicted octanol–water partition coefficient (Wildman–Crippen LogP) is 6.94. The minimum Gasteiger partial charge on any atom is -0.490 e. The second-order valence-electron chi connectivity index (χ2n) is 10.1. The molecule has 1 N–H and O–H groups in total. The van der Waals surface area contributed by atoms with Crippen molar-refractivity contribution in [2.75, 3.05) is 23.3 Å². The van der Waals surface area contributed by atoms with Gasteiger partial charge in [0.1, 0.15) is 17.7 Å². The molecule has 2 aliphatic rings. The minimum absolute atomic E-state index is 0.189. The number of aromatic nitrogens is 2. The number of piperidine rings is 1. The summed E-state index contributed by atoms with van der Waals surface area (Å²) >= 11 is 0. The zero-order valence-electron chi connectivity index (χ0n) is 20.8. The van der Waals surface area contributed by atoms with Crippen LogP contribution in [-0.4, -0.2) is 28.7 Å². The molecule has 0 bridgehead atoms. The molecule has 0 spiro atoms. The monoisotopic (exact) mass is 484 g/mol. The SMILES string of the molecule is CCc1cc(OC2CCN(c3nc4ccccc4n3CC3CC3)CC2)ccc1Nc1cccc(F)c1. The third-order valence-electron chi connectivity index (χ3n) is 7.36. The van der Waals surface area contributed by atoms with Crippen molar-refractivity contribution < 1.29 is 9.13 Å². The molecule has 0 atom stereocenters. The number of hydrogen-bond acceptors (Lipinski definition) is 4. The number of rotatable bonds is 8. The van der Waals surface area contributed by atoms with Crippen molar-refractivity contribution in [2.45, 2.75) is 51.7 Å². The molecular weight excluding hydrogens is 451 g/mol. The van der Waals surface area contributed by atoms with Crippen LogP contribution < -0.4 is 15.0 Å². The van der Waals surface area contributed by atoms with Gasteiger partial charge >= 0.3 is 0 Å². The van der Waals surface area contributed by atoms with E-state index in [9.17, 15) is 4.39 Å². The summed E-state index contributed by atoms with van der Waals surface area (Å²) in [6.45, 7) is 5.08. The van der Waals surface area contributed by atoms with Gasteiger partial charge in [-0.05, 0) is 79.3 Å². The molecule has 1 saturated carbocycles. The Bertz CT molecular complexity index is 1350. The molecule has 5 nitrogen and oxygen atoms in total. The summed E-state index contributed by atoms with van der Waals surface area (Å²) in [5.41, 5.74) is 5.23. The summed E-state index contributed by atoms with van der Waals surface area (Å²) in [5.74, 6) is 2.57. The zero-order valence-corrected chi connectivity index (χ0v) is 20.8. The van der Waals surface area contributed by atoms with Crippen molar-refractivity contribution >= 4 is 28.4 Å². The van der Waals surface area contributed by atoms with E-state index in [4.69, 9.17) is 9.72 Å². The average Bonchev–Trinajstić information content (AvgIpc) is 3.65. The van der Waals surface area contributed by atoms with Crippen molar-refractivity contribution in [1.29, 1.82) is 0 Å². The van der Waals surface area contributed by atoms with Crippen LogP contribution in [0.25, 0.3) is 11.0 Å². The average molecular weight is 485 g/mol. The van der Waals surface area contributed by atoms with Crippen molar-refractivity contribution in [3.05, 3.63) is 78.1 Å². The first kappa shape index (κ1) is 22.9. The highest BCUT2D eigenvalue weighted by Gasteiger charge is 2.28. The lowest BCUT2D eigenvalue weighted by Crippen LogP contribution is -2.39. The maximum absolute atomic E-state index is 13.6. The van der Waals surface area contributed by atoms with Gasteiger partial charge in [-0.25, -0.2) is 9.37 Å². The third kappa shape index (κ3) is 4.90. The maximum Gasteiger partial charge on any atom is 0.206 e. The molecule has 6 rings (SSSR count). The molecule has 2 heterocycles. The number of hydrogen-bond donors (Lipinski definition) is 1. The minimum atomic E-state index is -0.243. The molecule has 1 aliphatic heterocycles. The highest BCUT2D eigenvalue weighted by atomic mass is 19.1. The predicted molar refractivity (Wildman–Crippen MR) is 144 cm³/mol. The van der Waals surface area contributed by atoms with Gasteiger partial charge in [-0.1, -0.05) is 25.1 Å². The van der Waals surface area contributed by atoms with Gasteiger partial charge < -0.3 is 19.5 Å². The highest BCUT2D eigenvalue weighted by Crippen LogP contribution is 2.35. The third-order valence-corrected chi connectivity index (χ3v) is 7.36. The number of nitrogens with one attached hydrogen (secondary N) is 1. The van der Waals surface area contributed by atoms with Crippen molar-refractivity contribution in [1.82, 2.24) is 9.55 Å². The molecule has 1 saturated heterocycles. The number of benzene rings is 3. The van der Waals surface area contributed by atoms with Gasteiger partial charge in [0.25, 0.3) is 0 Å². The number of para-hydroxylation sites is 2. The fraction of sp³-hybridized carbons (Fsp3) is 0.367. The largest absolute Gasteiger partial charge is 0.490 e. The second-order valence-corrected chi connectivity index (χ2v) is 10.1. The number of ether oxygens (including phenoxy) is 1. The summed E-state index contributed by atoms with van der Waals surface area (Å²) in [6.07, 6.45) is 5.66. The number of aryl methyl sites for hydroxylation is 1. The Hall–Kier alpha value is -3.54. The maximum atomic E-state index is 13.6. The van der Waals surface area contributed by atoms with Crippen LogP contribution in [0, 0.1) is 11.7 Å². The van der Waals surface area contributed by atoms with Crippen LogP contribution in [0.4, 0.5) is 21.7 Å². The van der Waals surface area contributed by atoms with Gasteiger partial charge in [-0.2, -0.15) is 0 Å². The van der Waals surface area contributed by atoms with Gasteiger partial charge in [0.15, 0.2) is 0 Å².